The number of carboxylic acid groups (broad SMARTS) is 1. The molecular weight excluding hydrogens is 282 g/mol. The lowest BCUT2D eigenvalue weighted by Gasteiger charge is -2.34. The maximum absolute atomic E-state index is 12.5. The summed E-state index contributed by atoms with van der Waals surface area (Å²) >= 11 is 0. The van der Waals surface area contributed by atoms with Gasteiger partial charge in [-0.2, -0.15) is 0 Å². The lowest BCUT2D eigenvalue weighted by molar-refractivity contribution is -0.151. The van der Waals surface area contributed by atoms with Gasteiger partial charge in [0.2, 0.25) is 5.91 Å². The van der Waals surface area contributed by atoms with Crippen molar-refractivity contribution in [1.82, 2.24) is 4.90 Å². The summed E-state index contributed by atoms with van der Waals surface area (Å²) in [5.74, 6) is -0.551. The van der Waals surface area contributed by atoms with Crippen LogP contribution in [-0.2, 0) is 27.3 Å². The Balaban J connectivity index is 1.69. The average Bonchev–Trinajstić information content (AvgIpc) is 3.04. The van der Waals surface area contributed by atoms with Crippen molar-refractivity contribution in [1.29, 1.82) is 0 Å². The summed E-state index contributed by atoms with van der Waals surface area (Å²) in [5, 5.41) is 9.45. The molecular formula is C17H21NO4. The first-order valence-electron chi connectivity index (χ1n) is 7.82. The predicted molar refractivity (Wildman–Crippen MR) is 80.3 cm³/mol. The molecule has 0 unspecified atom stereocenters. The monoisotopic (exact) mass is 303 g/mol. The Labute approximate surface area is 129 Å². The number of benzene rings is 1. The second kappa shape index (κ2) is 6.48. The molecule has 0 aliphatic carbocycles. The van der Waals surface area contributed by atoms with Crippen LogP contribution in [0.4, 0.5) is 0 Å². The van der Waals surface area contributed by atoms with E-state index in [4.69, 9.17) is 4.74 Å². The van der Waals surface area contributed by atoms with Crippen LogP contribution in [0.2, 0.25) is 0 Å². The second-order valence-corrected chi connectivity index (χ2v) is 6.12. The molecule has 0 radical (unpaired) electrons. The number of rotatable bonds is 4. The minimum absolute atomic E-state index is 0.0613. The Morgan fingerprint density at radius 1 is 1.27 bits per heavy atom. The molecule has 0 saturated carbocycles. The molecule has 1 aromatic carbocycles. The van der Waals surface area contributed by atoms with Crippen LogP contribution in [0.3, 0.4) is 0 Å². The summed E-state index contributed by atoms with van der Waals surface area (Å²) in [6.45, 7) is 1.89. The van der Waals surface area contributed by atoms with E-state index in [-0.39, 0.29) is 5.91 Å². The minimum Gasteiger partial charge on any atom is -0.480 e. The number of ether oxygens (including phenoxy) is 1. The third-order valence-corrected chi connectivity index (χ3v) is 4.64. The number of amides is 1. The molecule has 0 aromatic heterocycles. The van der Waals surface area contributed by atoms with Crippen molar-refractivity contribution in [2.75, 3.05) is 13.2 Å². The van der Waals surface area contributed by atoms with Crippen molar-refractivity contribution in [2.24, 2.45) is 5.92 Å². The van der Waals surface area contributed by atoms with E-state index in [2.05, 4.69) is 0 Å². The summed E-state index contributed by atoms with van der Waals surface area (Å²) in [7, 11) is 0. The quantitative estimate of drug-likeness (QED) is 0.921. The van der Waals surface area contributed by atoms with Crippen LogP contribution in [0.1, 0.15) is 30.4 Å². The maximum Gasteiger partial charge on any atom is 0.326 e. The maximum atomic E-state index is 12.5. The van der Waals surface area contributed by atoms with E-state index >= 15 is 0 Å². The van der Waals surface area contributed by atoms with E-state index in [1.165, 1.54) is 4.90 Å². The molecule has 2 aliphatic heterocycles. The molecule has 1 aromatic rings. The number of hydrogen-bond donors (Lipinski definition) is 1. The van der Waals surface area contributed by atoms with Gasteiger partial charge in [-0.25, -0.2) is 4.79 Å². The average molecular weight is 303 g/mol. The molecule has 5 heteroatoms. The van der Waals surface area contributed by atoms with E-state index in [0.29, 0.717) is 25.3 Å². The zero-order valence-corrected chi connectivity index (χ0v) is 12.5. The molecule has 3 rings (SSSR count). The van der Waals surface area contributed by atoms with Crippen LogP contribution in [0, 0.1) is 5.92 Å². The van der Waals surface area contributed by atoms with Gasteiger partial charge in [-0.05, 0) is 29.9 Å². The lowest BCUT2D eigenvalue weighted by atomic mass is 9.93. The summed E-state index contributed by atoms with van der Waals surface area (Å²) < 4.78 is 5.32. The highest BCUT2D eigenvalue weighted by molar-refractivity contribution is 5.84. The number of nitrogens with zero attached hydrogens (tertiary/aromatic N) is 1. The SMILES string of the molecule is O=C(O)[C@H]1Cc2ccccc2CN1C(=O)CC[C@H]1CCOC1. The second-order valence-electron chi connectivity index (χ2n) is 6.12. The Morgan fingerprint density at radius 2 is 2.05 bits per heavy atom. The minimum atomic E-state index is -0.924. The van der Waals surface area contributed by atoms with Crippen LogP contribution >= 0.6 is 0 Å². The number of carboxylic acids is 1. The van der Waals surface area contributed by atoms with Crippen molar-refractivity contribution in [2.45, 2.75) is 38.3 Å². The van der Waals surface area contributed by atoms with Gasteiger partial charge in [0, 0.05) is 32.6 Å². The number of fused-ring (bicyclic) bond motifs is 1. The van der Waals surface area contributed by atoms with Gasteiger partial charge in [0.1, 0.15) is 6.04 Å². The first-order valence-corrected chi connectivity index (χ1v) is 7.82. The van der Waals surface area contributed by atoms with Gasteiger partial charge in [-0.15, -0.1) is 0 Å². The van der Waals surface area contributed by atoms with Crippen LogP contribution < -0.4 is 0 Å². The number of carbonyl (C=O) groups is 2. The van der Waals surface area contributed by atoms with E-state index < -0.39 is 12.0 Å². The number of aliphatic carboxylic acids is 1. The first kappa shape index (κ1) is 15.0. The van der Waals surface area contributed by atoms with Crippen molar-refractivity contribution in [3.63, 3.8) is 0 Å². The van der Waals surface area contributed by atoms with E-state index in [0.717, 1.165) is 37.2 Å². The van der Waals surface area contributed by atoms with E-state index in [1.807, 2.05) is 24.3 Å². The third-order valence-electron chi connectivity index (χ3n) is 4.64. The first-order chi connectivity index (χ1) is 10.6. The number of carbonyl (C=O) groups excluding carboxylic acids is 1. The normalized spacial score (nSPS) is 24.1. The summed E-state index contributed by atoms with van der Waals surface area (Å²) in [6.07, 6.45) is 2.57. The van der Waals surface area contributed by atoms with Crippen molar-refractivity contribution >= 4 is 11.9 Å². The van der Waals surface area contributed by atoms with Gasteiger partial charge in [-0.1, -0.05) is 24.3 Å². The molecule has 1 saturated heterocycles. The smallest absolute Gasteiger partial charge is 0.326 e. The third kappa shape index (κ3) is 3.14. The molecule has 2 heterocycles. The summed E-state index contributed by atoms with van der Waals surface area (Å²) in [6, 6.07) is 7.01. The highest BCUT2D eigenvalue weighted by Crippen LogP contribution is 2.25. The van der Waals surface area contributed by atoms with Crippen LogP contribution in [0.15, 0.2) is 24.3 Å². The van der Waals surface area contributed by atoms with Crippen LogP contribution in [0.25, 0.3) is 0 Å². The summed E-state index contributed by atoms with van der Waals surface area (Å²) in [5.41, 5.74) is 2.08. The fourth-order valence-corrected chi connectivity index (χ4v) is 3.29. The molecule has 22 heavy (non-hydrogen) atoms. The van der Waals surface area contributed by atoms with Gasteiger partial charge in [0.15, 0.2) is 0 Å². The standard InChI is InChI=1S/C17H21NO4/c19-16(6-5-12-7-8-22-11-12)18-10-14-4-2-1-3-13(14)9-15(18)17(20)21/h1-4,12,15H,5-11H2,(H,20,21)/t12-,15+/m0/s1. The predicted octanol–water partition coefficient (Wildman–Crippen LogP) is 1.84. The van der Waals surface area contributed by atoms with Gasteiger partial charge < -0.3 is 14.7 Å². The molecule has 1 N–H and O–H groups in total. The highest BCUT2D eigenvalue weighted by atomic mass is 16.5. The zero-order chi connectivity index (χ0) is 15.5. The van der Waals surface area contributed by atoms with Crippen molar-refractivity contribution in [3.8, 4) is 0 Å². The highest BCUT2D eigenvalue weighted by Gasteiger charge is 2.34. The molecule has 2 aliphatic rings. The molecule has 2 atom stereocenters. The Morgan fingerprint density at radius 3 is 2.73 bits per heavy atom. The molecule has 0 spiro atoms. The fourth-order valence-electron chi connectivity index (χ4n) is 3.29. The Bertz CT molecular complexity index is 566. The zero-order valence-electron chi connectivity index (χ0n) is 12.5. The van der Waals surface area contributed by atoms with Crippen molar-refractivity contribution in [3.05, 3.63) is 35.4 Å². The van der Waals surface area contributed by atoms with Crippen LogP contribution in [-0.4, -0.2) is 41.1 Å². The largest absolute Gasteiger partial charge is 0.480 e. The van der Waals surface area contributed by atoms with Gasteiger partial charge in [-0.3, -0.25) is 4.79 Å². The van der Waals surface area contributed by atoms with Crippen LogP contribution in [0.5, 0.6) is 0 Å². The molecule has 118 valence electrons. The molecule has 0 bridgehead atoms. The molecule has 1 amide bonds. The Hall–Kier alpha value is -1.88. The van der Waals surface area contributed by atoms with Gasteiger partial charge in [0.25, 0.3) is 0 Å². The topological polar surface area (TPSA) is 66.8 Å². The number of hydrogen-bond acceptors (Lipinski definition) is 3. The van der Waals surface area contributed by atoms with Gasteiger partial charge in [0.05, 0.1) is 0 Å². The van der Waals surface area contributed by atoms with E-state index in [9.17, 15) is 14.7 Å². The fraction of sp³-hybridized carbons (Fsp3) is 0.529. The molecule has 1 fully saturated rings. The molecule has 5 nitrogen and oxygen atoms in total. The Kier molecular flexibility index (Phi) is 4.43. The van der Waals surface area contributed by atoms with Gasteiger partial charge >= 0.3 is 5.97 Å². The summed E-state index contributed by atoms with van der Waals surface area (Å²) in [4.78, 5) is 25.6. The van der Waals surface area contributed by atoms with Crippen molar-refractivity contribution < 1.29 is 19.4 Å². The van der Waals surface area contributed by atoms with E-state index in [1.54, 1.807) is 0 Å². The lowest BCUT2D eigenvalue weighted by Crippen LogP contribution is -2.48.